The molecule has 2 heterocycles. The molecule has 1 aromatic carbocycles. The molecule has 0 saturated heterocycles. The normalized spacial score (nSPS) is 24.7. The molecule has 2 unspecified atom stereocenters. The van der Waals surface area contributed by atoms with Crippen LogP contribution in [0.4, 0.5) is 0 Å². The molecule has 1 aromatic rings. The van der Waals surface area contributed by atoms with E-state index in [4.69, 9.17) is 16.5 Å². The maximum Gasteiger partial charge on any atom is 0.289 e. The lowest BCUT2D eigenvalue weighted by atomic mass is 10.0. The molecule has 10 heteroatoms. The van der Waals surface area contributed by atoms with Crippen LogP contribution in [-0.4, -0.2) is 46.1 Å². The highest BCUT2D eigenvalue weighted by Crippen LogP contribution is 2.26. The maximum absolute atomic E-state index is 13.0. The number of nitrogens with one attached hydrogen (secondary N) is 2. The van der Waals surface area contributed by atoms with E-state index in [2.05, 4.69) is 32.6 Å². The number of oxime groups is 1. The smallest absolute Gasteiger partial charge is 0.289 e. The lowest BCUT2D eigenvalue weighted by molar-refractivity contribution is -0.117. The van der Waals surface area contributed by atoms with Crippen LogP contribution < -0.4 is 22.5 Å². The van der Waals surface area contributed by atoms with E-state index >= 15 is 0 Å². The number of fused-ring (bicyclic) bond motifs is 1. The van der Waals surface area contributed by atoms with Crippen LogP contribution in [0, 0.1) is 0 Å². The quantitative estimate of drug-likeness (QED) is 0.169. The van der Waals surface area contributed by atoms with Gasteiger partial charge in [-0.3, -0.25) is 19.6 Å². The van der Waals surface area contributed by atoms with Gasteiger partial charge in [-0.1, -0.05) is 68.1 Å². The molecule has 0 saturated carbocycles. The molecular formula is C23H30N8O2. The number of benzene rings is 1. The van der Waals surface area contributed by atoms with Gasteiger partial charge in [0.15, 0.2) is 6.17 Å². The van der Waals surface area contributed by atoms with Crippen molar-refractivity contribution < 1.29 is 9.73 Å². The molecule has 10 nitrogen and oxygen atoms in total. The van der Waals surface area contributed by atoms with E-state index in [9.17, 15) is 4.79 Å². The summed E-state index contributed by atoms with van der Waals surface area (Å²) in [7, 11) is 0. The van der Waals surface area contributed by atoms with Crippen molar-refractivity contribution in [3.63, 3.8) is 0 Å². The molecule has 0 bridgehead atoms. The third-order valence-corrected chi connectivity index (χ3v) is 5.38. The second-order valence-corrected chi connectivity index (χ2v) is 7.49. The predicted molar refractivity (Wildman–Crippen MR) is 129 cm³/mol. The maximum atomic E-state index is 13.0. The van der Waals surface area contributed by atoms with Crippen LogP contribution in [0.3, 0.4) is 0 Å². The first-order chi connectivity index (χ1) is 15.9. The van der Waals surface area contributed by atoms with E-state index in [1.165, 1.54) is 5.01 Å². The van der Waals surface area contributed by atoms with Gasteiger partial charge in [0.25, 0.3) is 5.91 Å². The number of amidine groups is 1. The molecule has 0 spiro atoms. The number of amides is 1. The Morgan fingerprint density at radius 1 is 1.39 bits per heavy atom. The molecule has 2 aliphatic rings. The fraction of sp³-hybridized carbons (Fsp3) is 0.261. The van der Waals surface area contributed by atoms with Crippen molar-refractivity contribution >= 4 is 17.5 Å². The Labute approximate surface area is 193 Å². The van der Waals surface area contributed by atoms with Crippen molar-refractivity contribution in [2.45, 2.75) is 33.0 Å². The SMILES string of the molecule is C=C\C=C/C1=C\C(C)N(CC)C2NON=C2N(N)\C1=C(/N)C(=O)N/N=C(\C)c1ccccc1. The van der Waals surface area contributed by atoms with E-state index in [0.717, 1.165) is 5.56 Å². The highest BCUT2D eigenvalue weighted by atomic mass is 16.8. The lowest BCUT2D eigenvalue weighted by Crippen LogP contribution is -2.58. The molecule has 3 rings (SSSR count). The predicted octanol–water partition coefficient (Wildman–Crippen LogP) is 1.44. The number of nitrogens with zero attached hydrogens (tertiary/aromatic N) is 4. The number of allylic oxidation sites excluding steroid dienone is 3. The van der Waals surface area contributed by atoms with Gasteiger partial charge in [0.05, 0.1) is 11.4 Å². The van der Waals surface area contributed by atoms with Crippen LogP contribution in [0.2, 0.25) is 0 Å². The molecular weight excluding hydrogens is 420 g/mol. The molecule has 1 amide bonds. The summed E-state index contributed by atoms with van der Waals surface area (Å²) >= 11 is 0. The van der Waals surface area contributed by atoms with Crippen LogP contribution in [-0.2, 0) is 9.73 Å². The number of rotatable bonds is 6. The molecule has 2 atom stereocenters. The zero-order valence-electron chi connectivity index (χ0n) is 19.0. The summed E-state index contributed by atoms with van der Waals surface area (Å²) in [5, 5.41) is 9.49. The van der Waals surface area contributed by atoms with Gasteiger partial charge in [0, 0.05) is 6.04 Å². The molecule has 0 fully saturated rings. The topological polar surface area (TPSA) is 134 Å². The summed E-state index contributed by atoms with van der Waals surface area (Å²) in [6.45, 7) is 10.3. The Balaban J connectivity index is 2.03. The van der Waals surface area contributed by atoms with Gasteiger partial charge in [-0.25, -0.2) is 11.3 Å². The van der Waals surface area contributed by atoms with E-state index in [-0.39, 0.29) is 17.4 Å². The van der Waals surface area contributed by atoms with E-state index < -0.39 is 12.1 Å². The minimum absolute atomic E-state index is 0.0539. The van der Waals surface area contributed by atoms with Gasteiger partial charge in [-0.05, 0) is 36.7 Å². The summed E-state index contributed by atoms with van der Waals surface area (Å²) in [6, 6.07) is 9.44. The van der Waals surface area contributed by atoms with Crippen molar-refractivity contribution in [3.05, 3.63) is 83.7 Å². The number of carbonyl (C=O) groups is 1. The van der Waals surface area contributed by atoms with Crippen molar-refractivity contribution in [1.29, 1.82) is 0 Å². The zero-order chi connectivity index (χ0) is 24.0. The Hall–Kier alpha value is -3.73. The van der Waals surface area contributed by atoms with Crippen molar-refractivity contribution in [2.75, 3.05) is 6.54 Å². The Bertz CT molecular complexity index is 1040. The first-order valence-electron chi connectivity index (χ1n) is 10.6. The van der Waals surface area contributed by atoms with Crippen LogP contribution >= 0.6 is 0 Å². The molecule has 0 aromatic heterocycles. The van der Waals surface area contributed by atoms with Gasteiger partial charge in [0.1, 0.15) is 5.70 Å². The zero-order valence-corrected chi connectivity index (χ0v) is 19.0. The van der Waals surface area contributed by atoms with Crippen LogP contribution in [0.5, 0.6) is 0 Å². The van der Waals surface area contributed by atoms with Crippen molar-refractivity contribution in [1.82, 2.24) is 20.8 Å². The van der Waals surface area contributed by atoms with Gasteiger partial charge in [-0.2, -0.15) is 5.10 Å². The highest BCUT2D eigenvalue weighted by Gasteiger charge is 2.38. The average Bonchev–Trinajstić information content (AvgIpc) is 3.30. The largest absolute Gasteiger partial charge is 0.392 e. The summed E-state index contributed by atoms with van der Waals surface area (Å²) in [5.41, 5.74) is 14.0. The van der Waals surface area contributed by atoms with Gasteiger partial charge < -0.3 is 5.73 Å². The third kappa shape index (κ3) is 5.20. The minimum atomic E-state index is -0.599. The summed E-state index contributed by atoms with van der Waals surface area (Å²) in [5.74, 6) is 6.22. The van der Waals surface area contributed by atoms with E-state index in [1.807, 2.05) is 50.3 Å². The van der Waals surface area contributed by atoms with Crippen molar-refractivity contribution in [2.24, 2.45) is 21.8 Å². The Kier molecular flexibility index (Phi) is 7.78. The van der Waals surface area contributed by atoms with E-state index in [0.29, 0.717) is 23.7 Å². The van der Waals surface area contributed by atoms with Crippen LogP contribution in [0.1, 0.15) is 26.3 Å². The fourth-order valence-corrected chi connectivity index (χ4v) is 3.65. The third-order valence-electron chi connectivity index (χ3n) is 5.38. The average molecular weight is 451 g/mol. The number of hydroxylamine groups is 1. The number of hydrogen-bond donors (Lipinski definition) is 4. The summed E-state index contributed by atoms with van der Waals surface area (Å²) in [4.78, 5) is 20.2. The van der Waals surface area contributed by atoms with Gasteiger partial charge in [0.2, 0.25) is 5.84 Å². The first-order valence-corrected chi connectivity index (χ1v) is 10.6. The Morgan fingerprint density at radius 3 is 2.79 bits per heavy atom. The number of likely N-dealkylation sites (N-methyl/N-ethyl adjacent to an activating group) is 1. The number of hydrazine groups is 1. The molecule has 0 radical (unpaired) electrons. The molecule has 0 aliphatic carbocycles. The summed E-state index contributed by atoms with van der Waals surface area (Å²) < 4.78 is 0. The molecule has 174 valence electrons. The first kappa shape index (κ1) is 23.9. The molecule has 2 aliphatic heterocycles. The standard InChI is InChI=1S/C23H30N8O2/c1-5-7-11-18-14-15(3)30(6-2)21-22(29-33-28-21)31(25)20(18)19(24)23(32)27-26-16(4)17-12-9-8-10-13-17/h5,7-15,21,28H,1,6,24-25H2,2-4H3,(H,27,32)/b11-7-,18-14+,20-19-,26-16+. The Morgan fingerprint density at radius 2 is 2.12 bits per heavy atom. The number of hydrogen-bond acceptors (Lipinski definition) is 9. The highest BCUT2D eigenvalue weighted by molar-refractivity contribution is 6.01. The summed E-state index contributed by atoms with van der Waals surface area (Å²) in [6.07, 6.45) is 6.71. The number of hydrazone groups is 1. The molecule has 33 heavy (non-hydrogen) atoms. The minimum Gasteiger partial charge on any atom is -0.392 e. The monoisotopic (exact) mass is 450 g/mol. The molecule has 6 N–H and O–H groups in total. The van der Waals surface area contributed by atoms with Gasteiger partial charge >= 0.3 is 0 Å². The van der Waals surface area contributed by atoms with Crippen molar-refractivity contribution in [3.8, 4) is 0 Å². The van der Waals surface area contributed by atoms with Gasteiger partial charge in [-0.15, -0.1) is 5.48 Å². The fourth-order valence-electron chi connectivity index (χ4n) is 3.65. The van der Waals surface area contributed by atoms with E-state index in [1.54, 1.807) is 25.2 Å². The second-order valence-electron chi connectivity index (χ2n) is 7.49. The number of carbonyl (C=O) groups excluding carboxylic acids is 1. The van der Waals surface area contributed by atoms with Crippen LogP contribution in [0.25, 0.3) is 0 Å². The second kappa shape index (κ2) is 10.7. The lowest BCUT2D eigenvalue weighted by Gasteiger charge is -2.37. The van der Waals surface area contributed by atoms with Crippen LogP contribution in [0.15, 0.2) is 88.4 Å². The number of nitrogens with two attached hydrogens (primary N) is 2.